The van der Waals surface area contributed by atoms with Gasteiger partial charge in [0.15, 0.2) is 0 Å². The summed E-state index contributed by atoms with van der Waals surface area (Å²) in [6, 6.07) is 8.59. The summed E-state index contributed by atoms with van der Waals surface area (Å²) in [6.45, 7) is 8.27. The fourth-order valence-electron chi connectivity index (χ4n) is 4.45. The fourth-order valence-corrected chi connectivity index (χ4v) is 4.45. The fraction of sp³-hybridized carbons (Fsp3) is 0.615. The van der Waals surface area contributed by atoms with Crippen LogP contribution in [0.4, 0.5) is 0 Å². The number of hydrogen-bond acceptors (Lipinski definition) is 8. The van der Waals surface area contributed by atoms with E-state index >= 15 is 0 Å². The normalized spacial score (nSPS) is 22.1. The molecule has 2 aliphatic heterocycles. The third-order valence-electron chi connectivity index (χ3n) is 6.49. The number of piperidine rings is 1. The van der Waals surface area contributed by atoms with Gasteiger partial charge in [-0.25, -0.2) is 0 Å². The Hall–Kier alpha value is -1.55. The molecule has 1 aromatic rings. The molecular formula is C26H44N4O3S. The lowest BCUT2D eigenvalue weighted by Gasteiger charge is -2.36. The van der Waals surface area contributed by atoms with Crippen LogP contribution in [0.3, 0.4) is 0 Å². The highest BCUT2D eigenvalue weighted by Crippen LogP contribution is 2.24. The summed E-state index contributed by atoms with van der Waals surface area (Å²) >= 11 is 3.53. The number of thiol groups is 1. The van der Waals surface area contributed by atoms with Crippen LogP contribution in [0.25, 0.3) is 0 Å². The van der Waals surface area contributed by atoms with Gasteiger partial charge in [0, 0.05) is 45.6 Å². The Labute approximate surface area is 211 Å². The smallest absolute Gasteiger partial charge is 0.135 e. The zero-order valence-electron chi connectivity index (χ0n) is 21.3. The first kappa shape index (κ1) is 28.7. The number of hydrogen-bond donors (Lipinski definition) is 4. The van der Waals surface area contributed by atoms with Crippen molar-refractivity contribution in [1.82, 2.24) is 15.5 Å². The van der Waals surface area contributed by atoms with Crippen LogP contribution in [0.15, 0.2) is 47.9 Å². The van der Waals surface area contributed by atoms with E-state index in [1.54, 1.807) is 26.7 Å². The van der Waals surface area contributed by atoms with E-state index in [-0.39, 0.29) is 12.3 Å². The molecule has 3 rings (SSSR count). The molecule has 0 saturated carbocycles. The van der Waals surface area contributed by atoms with Gasteiger partial charge in [-0.15, -0.1) is 0 Å². The molecule has 0 aliphatic carbocycles. The van der Waals surface area contributed by atoms with Crippen LogP contribution in [-0.4, -0.2) is 70.4 Å². The largest absolute Gasteiger partial charge is 0.495 e. The van der Waals surface area contributed by atoms with Crippen LogP contribution in [0.2, 0.25) is 0 Å². The molecule has 0 spiro atoms. The second-order valence-corrected chi connectivity index (χ2v) is 8.63. The van der Waals surface area contributed by atoms with E-state index in [1.165, 1.54) is 24.0 Å². The Morgan fingerprint density at radius 2 is 1.97 bits per heavy atom. The van der Waals surface area contributed by atoms with Gasteiger partial charge < -0.3 is 25.3 Å². The van der Waals surface area contributed by atoms with Crippen molar-refractivity contribution in [3.8, 4) is 0 Å². The first-order valence-electron chi connectivity index (χ1n) is 12.1. The third kappa shape index (κ3) is 8.59. The van der Waals surface area contributed by atoms with Gasteiger partial charge in [0.1, 0.15) is 18.6 Å². The van der Waals surface area contributed by atoms with Gasteiger partial charge in [0.25, 0.3) is 0 Å². The Morgan fingerprint density at radius 3 is 2.62 bits per heavy atom. The molecule has 7 nitrogen and oxygen atoms in total. The minimum absolute atomic E-state index is 0.135. The highest BCUT2D eigenvalue weighted by molar-refractivity contribution is 7.79. The van der Waals surface area contributed by atoms with Gasteiger partial charge in [-0.1, -0.05) is 24.3 Å². The molecule has 2 atom stereocenters. The molecule has 34 heavy (non-hydrogen) atoms. The third-order valence-corrected chi connectivity index (χ3v) is 6.49. The van der Waals surface area contributed by atoms with E-state index in [2.05, 4.69) is 59.4 Å². The van der Waals surface area contributed by atoms with Gasteiger partial charge in [-0.2, -0.15) is 12.6 Å². The molecular weight excluding hydrogens is 448 g/mol. The van der Waals surface area contributed by atoms with Crippen molar-refractivity contribution < 1.29 is 14.2 Å². The molecule has 0 radical (unpaired) electrons. The Morgan fingerprint density at radius 1 is 1.26 bits per heavy atom. The number of methoxy groups -OCH3 is 2. The number of benzene rings is 1. The number of morpholine rings is 1. The van der Waals surface area contributed by atoms with Gasteiger partial charge in [0.2, 0.25) is 0 Å². The zero-order chi connectivity index (χ0) is 24.8. The van der Waals surface area contributed by atoms with Gasteiger partial charge >= 0.3 is 0 Å². The SMILES string of the molecule is COCc1ccccc1CN1CCO/C(=C/C(=C\N)C(NCC2CCNCC2)OC)C1C.CS. The molecule has 1 aromatic carbocycles. The van der Waals surface area contributed by atoms with Gasteiger partial charge in [0.05, 0.1) is 12.6 Å². The van der Waals surface area contributed by atoms with E-state index in [1.807, 2.05) is 6.08 Å². The molecule has 2 heterocycles. The highest BCUT2D eigenvalue weighted by Gasteiger charge is 2.26. The summed E-state index contributed by atoms with van der Waals surface area (Å²) in [5.41, 5.74) is 9.42. The first-order valence-corrected chi connectivity index (χ1v) is 13.0. The lowest BCUT2D eigenvalue weighted by Crippen LogP contribution is -2.42. The maximum absolute atomic E-state index is 6.06. The molecule has 0 bridgehead atoms. The van der Waals surface area contributed by atoms with Crippen molar-refractivity contribution in [2.24, 2.45) is 11.7 Å². The number of nitrogens with zero attached hydrogens (tertiary/aromatic N) is 1. The van der Waals surface area contributed by atoms with E-state index in [9.17, 15) is 0 Å². The molecule has 2 aliphatic rings. The number of nitrogens with two attached hydrogens (primary N) is 1. The van der Waals surface area contributed by atoms with Crippen LogP contribution < -0.4 is 16.4 Å². The standard InChI is InChI=1S/C25H40N4O3.CH4S/c1-19-24(14-23(15-26)25(31-3)28-16-20-8-10-27-11-9-20)32-13-12-29(19)17-21-6-4-5-7-22(21)18-30-2;1-2/h4-7,14-15,19-20,25,27-28H,8-13,16-18,26H2,1-3H3;2H,1H3/b23-15+,24-14+;. The van der Waals surface area contributed by atoms with Crippen molar-refractivity contribution in [2.75, 3.05) is 53.3 Å². The predicted octanol–water partition coefficient (Wildman–Crippen LogP) is 2.89. The monoisotopic (exact) mass is 492 g/mol. The van der Waals surface area contributed by atoms with Crippen molar-refractivity contribution >= 4 is 12.6 Å². The second kappa shape index (κ2) is 16.2. The van der Waals surface area contributed by atoms with E-state index in [4.69, 9.17) is 19.9 Å². The van der Waals surface area contributed by atoms with Crippen molar-refractivity contribution in [3.63, 3.8) is 0 Å². The number of nitrogens with one attached hydrogen (secondary N) is 2. The molecule has 2 saturated heterocycles. The maximum atomic E-state index is 6.06. The molecule has 2 fully saturated rings. The molecule has 192 valence electrons. The van der Waals surface area contributed by atoms with E-state index in [0.717, 1.165) is 44.1 Å². The van der Waals surface area contributed by atoms with E-state index in [0.29, 0.717) is 19.1 Å². The zero-order valence-corrected chi connectivity index (χ0v) is 22.2. The van der Waals surface area contributed by atoms with Crippen LogP contribution in [0.1, 0.15) is 30.9 Å². The summed E-state index contributed by atoms with van der Waals surface area (Å²) in [5, 5.41) is 6.95. The minimum Gasteiger partial charge on any atom is -0.495 e. The first-order chi connectivity index (χ1) is 16.7. The lowest BCUT2D eigenvalue weighted by atomic mass is 9.98. The molecule has 2 unspecified atom stereocenters. The predicted molar refractivity (Wildman–Crippen MR) is 143 cm³/mol. The summed E-state index contributed by atoms with van der Waals surface area (Å²) in [4.78, 5) is 2.43. The van der Waals surface area contributed by atoms with Crippen LogP contribution in [0.5, 0.6) is 0 Å². The number of ether oxygens (including phenoxy) is 3. The molecule has 0 amide bonds. The Balaban J connectivity index is 0.00000199. The summed E-state index contributed by atoms with van der Waals surface area (Å²) in [5.74, 6) is 1.58. The van der Waals surface area contributed by atoms with E-state index < -0.39 is 0 Å². The molecule has 8 heteroatoms. The van der Waals surface area contributed by atoms with Gasteiger partial charge in [-0.05, 0) is 62.2 Å². The van der Waals surface area contributed by atoms with Crippen LogP contribution in [0, 0.1) is 5.92 Å². The summed E-state index contributed by atoms with van der Waals surface area (Å²) < 4.78 is 17.2. The number of rotatable bonds is 10. The Kier molecular flexibility index (Phi) is 13.7. The highest BCUT2D eigenvalue weighted by atomic mass is 32.1. The summed E-state index contributed by atoms with van der Waals surface area (Å²) in [7, 11) is 3.45. The van der Waals surface area contributed by atoms with Crippen molar-refractivity contribution in [2.45, 2.75) is 45.2 Å². The average Bonchev–Trinajstić information content (AvgIpc) is 2.88. The van der Waals surface area contributed by atoms with Crippen molar-refractivity contribution in [3.05, 3.63) is 59.0 Å². The van der Waals surface area contributed by atoms with Gasteiger partial charge in [-0.3, -0.25) is 10.2 Å². The topological polar surface area (TPSA) is 81.0 Å². The quantitative estimate of drug-likeness (QED) is 0.295. The Bertz CT molecular complexity index is 768. The van der Waals surface area contributed by atoms with Crippen molar-refractivity contribution in [1.29, 1.82) is 0 Å². The lowest BCUT2D eigenvalue weighted by molar-refractivity contribution is 0.0490. The molecule has 4 N–H and O–H groups in total. The summed E-state index contributed by atoms with van der Waals surface area (Å²) in [6.07, 6.45) is 7.48. The minimum atomic E-state index is -0.254. The molecule has 0 aromatic heterocycles. The second-order valence-electron chi connectivity index (χ2n) is 8.63. The van der Waals surface area contributed by atoms with Crippen LogP contribution >= 0.6 is 12.6 Å². The van der Waals surface area contributed by atoms with Crippen LogP contribution in [-0.2, 0) is 27.4 Å². The maximum Gasteiger partial charge on any atom is 0.135 e. The average molecular weight is 493 g/mol.